The van der Waals surface area contributed by atoms with Gasteiger partial charge in [-0.05, 0) is 43.4 Å². The minimum atomic E-state index is -3.26. The van der Waals surface area contributed by atoms with Crippen LogP contribution in [-0.2, 0) is 11.3 Å². The Bertz CT molecular complexity index is 980. The number of alkyl halides is 2. The van der Waals surface area contributed by atoms with Gasteiger partial charge < -0.3 is 9.80 Å². The van der Waals surface area contributed by atoms with Gasteiger partial charge in [0.1, 0.15) is 5.82 Å². The molecular weight excluding hydrogens is 441 g/mol. The first-order chi connectivity index (χ1) is 15.7. The summed E-state index contributed by atoms with van der Waals surface area (Å²) in [6, 6.07) is 8.14. The van der Waals surface area contributed by atoms with Gasteiger partial charge in [0.15, 0.2) is 0 Å². The number of benzene rings is 1. The van der Waals surface area contributed by atoms with Gasteiger partial charge in [-0.25, -0.2) is 9.18 Å². The summed E-state index contributed by atoms with van der Waals surface area (Å²) in [5, 5.41) is 0. The Labute approximate surface area is 188 Å². The Balaban J connectivity index is 1.72. The van der Waals surface area contributed by atoms with Crippen LogP contribution in [-0.4, -0.2) is 72.3 Å². The highest BCUT2D eigenvalue weighted by molar-refractivity contribution is 5.95. The molecule has 0 atom stereocenters. The Morgan fingerprint density at radius 1 is 1.03 bits per heavy atom. The van der Waals surface area contributed by atoms with Gasteiger partial charge in [0, 0.05) is 38.1 Å². The highest BCUT2D eigenvalue weighted by Crippen LogP contribution is 2.20. The maximum atomic E-state index is 13.4. The SMILES string of the molecule is CN1CCN(C(=O)N(Cc2ccc(C(=O)NNC(=O)C(F)F)cn2)c2ccc(F)cc2)CC1. The third-order valence-electron chi connectivity index (χ3n) is 5.05. The van der Waals surface area contributed by atoms with Crippen molar-refractivity contribution in [3.05, 3.63) is 59.7 Å². The first-order valence-corrected chi connectivity index (χ1v) is 10.1. The number of urea groups is 1. The van der Waals surface area contributed by atoms with Gasteiger partial charge in [0.25, 0.3) is 5.91 Å². The number of carbonyl (C=O) groups excluding carboxylic acids is 3. The van der Waals surface area contributed by atoms with E-state index in [1.807, 2.05) is 12.5 Å². The lowest BCUT2D eigenvalue weighted by atomic mass is 10.2. The summed E-state index contributed by atoms with van der Waals surface area (Å²) in [6.07, 6.45) is -2.07. The van der Waals surface area contributed by atoms with Crippen LogP contribution >= 0.6 is 0 Å². The smallest absolute Gasteiger partial charge is 0.322 e. The number of hydrogen-bond acceptors (Lipinski definition) is 5. The van der Waals surface area contributed by atoms with E-state index in [0.717, 1.165) is 13.1 Å². The molecule has 1 aliphatic heterocycles. The van der Waals surface area contributed by atoms with Crippen LogP contribution < -0.4 is 15.8 Å². The Kier molecular flexibility index (Phi) is 7.83. The number of hydrogen-bond donors (Lipinski definition) is 2. The summed E-state index contributed by atoms with van der Waals surface area (Å²) < 4.78 is 37.8. The molecule has 12 heteroatoms. The van der Waals surface area contributed by atoms with Crippen LogP contribution in [0.4, 0.5) is 23.7 Å². The van der Waals surface area contributed by atoms with Crippen LogP contribution in [0.2, 0.25) is 0 Å². The van der Waals surface area contributed by atoms with Gasteiger partial charge in [-0.3, -0.25) is 30.3 Å². The Morgan fingerprint density at radius 2 is 1.70 bits per heavy atom. The normalized spacial score (nSPS) is 14.2. The van der Waals surface area contributed by atoms with Gasteiger partial charge >= 0.3 is 18.4 Å². The number of piperazine rings is 1. The number of aromatic nitrogens is 1. The first-order valence-electron chi connectivity index (χ1n) is 10.1. The highest BCUT2D eigenvalue weighted by atomic mass is 19.3. The second-order valence-electron chi connectivity index (χ2n) is 7.42. The molecule has 176 valence electrons. The van der Waals surface area contributed by atoms with Crippen LogP contribution in [0.5, 0.6) is 0 Å². The van der Waals surface area contributed by atoms with Gasteiger partial charge in [0.2, 0.25) is 0 Å². The minimum absolute atomic E-state index is 0.0204. The largest absolute Gasteiger partial charge is 0.324 e. The lowest BCUT2D eigenvalue weighted by Gasteiger charge is -2.36. The van der Waals surface area contributed by atoms with Gasteiger partial charge in [-0.2, -0.15) is 8.78 Å². The maximum Gasteiger partial charge on any atom is 0.324 e. The van der Waals surface area contributed by atoms with E-state index in [2.05, 4.69) is 9.88 Å². The lowest BCUT2D eigenvalue weighted by Crippen LogP contribution is -2.52. The second kappa shape index (κ2) is 10.8. The molecule has 33 heavy (non-hydrogen) atoms. The zero-order valence-corrected chi connectivity index (χ0v) is 17.8. The highest BCUT2D eigenvalue weighted by Gasteiger charge is 2.26. The Morgan fingerprint density at radius 3 is 2.27 bits per heavy atom. The number of amides is 4. The van der Waals surface area contributed by atoms with E-state index in [4.69, 9.17) is 0 Å². The van der Waals surface area contributed by atoms with Gasteiger partial charge in [-0.15, -0.1) is 0 Å². The van der Waals surface area contributed by atoms with Crippen molar-refractivity contribution in [2.24, 2.45) is 0 Å². The number of anilines is 1. The summed E-state index contributed by atoms with van der Waals surface area (Å²) in [7, 11) is 1.97. The number of halogens is 3. The monoisotopic (exact) mass is 464 g/mol. The van der Waals surface area contributed by atoms with Crippen molar-refractivity contribution in [3.63, 3.8) is 0 Å². The number of likely N-dealkylation sites (N-methyl/N-ethyl adjacent to an activating group) is 1. The summed E-state index contributed by atoms with van der Waals surface area (Å²) in [6.45, 7) is 2.61. The van der Waals surface area contributed by atoms with Crippen molar-refractivity contribution >= 4 is 23.5 Å². The van der Waals surface area contributed by atoms with E-state index >= 15 is 0 Å². The fraction of sp³-hybridized carbons (Fsp3) is 0.333. The van der Waals surface area contributed by atoms with E-state index in [0.29, 0.717) is 24.5 Å². The number of hydrazine groups is 1. The predicted octanol–water partition coefficient (Wildman–Crippen LogP) is 1.62. The quantitative estimate of drug-likeness (QED) is 0.656. The average molecular weight is 464 g/mol. The summed E-state index contributed by atoms with van der Waals surface area (Å²) in [5.41, 5.74) is 4.41. The molecule has 2 aromatic rings. The van der Waals surface area contributed by atoms with Crippen molar-refractivity contribution < 1.29 is 27.6 Å². The number of pyridine rings is 1. The fourth-order valence-electron chi connectivity index (χ4n) is 3.12. The minimum Gasteiger partial charge on any atom is -0.322 e. The molecule has 4 amide bonds. The average Bonchev–Trinajstić information content (AvgIpc) is 2.82. The second-order valence-corrected chi connectivity index (χ2v) is 7.42. The van der Waals surface area contributed by atoms with Crippen LogP contribution in [0.15, 0.2) is 42.6 Å². The van der Waals surface area contributed by atoms with E-state index in [-0.39, 0.29) is 18.1 Å². The van der Waals surface area contributed by atoms with Crippen molar-refractivity contribution in [1.29, 1.82) is 0 Å². The number of rotatable bonds is 5. The molecule has 0 aliphatic carbocycles. The molecule has 0 saturated carbocycles. The van der Waals surface area contributed by atoms with Crippen LogP contribution in [0.3, 0.4) is 0 Å². The molecule has 1 aromatic carbocycles. The van der Waals surface area contributed by atoms with Crippen molar-refractivity contribution in [2.45, 2.75) is 13.0 Å². The first kappa shape index (κ1) is 24.0. The molecule has 0 unspecified atom stereocenters. The van der Waals surface area contributed by atoms with Crippen molar-refractivity contribution in [2.75, 3.05) is 38.1 Å². The van der Waals surface area contributed by atoms with Crippen LogP contribution in [0.25, 0.3) is 0 Å². The zero-order chi connectivity index (χ0) is 24.0. The fourth-order valence-corrected chi connectivity index (χ4v) is 3.12. The molecule has 0 bridgehead atoms. The summed E-state index contributed by atoms with van der Waals surface area (Å²) in [4.78, 5) is 45.5. The predicted molar refractivity (Wildman–Crippen MR) is 113 cm³/mol. The lowest BCUT2D eigenvalue weighted by molar-refractivity contribution is -0.132. The van der Waals surface area contributed by atoms with Gasteiger partial charge in [-0.1, -0.05) is 0 Å². The third kappa shape index (κ3) is 6.42. The molecule has 1 aliphatic rings. The topological polar surface area (TPSA) is 97.9 Å². The zero-order valence-electron chi connectivity index (χ0n) is 17.8. The van der Waals surface area contributed by atoms with E-state index in [1.54, 1.807) is 10.3 Å². The number of carbonyl (C=O) groups is 3. The summed E-state index contributed by atoms with van der Waals surface area (Å²) >= 11 is 0. The number of nitrogens with zero attached hydrogens (tertiary/aromatic N) is 4. The molecular formula is C21H23F3N6O3. The number of nitrogens with one attached hydrogen (secondary N) is 2. The molecule has 1 aromatic heterocycles. The standard InChI is InChI=1S/C21H23F3N6O3/c1-28-8-10-29(11-9-28)21(33)30(17-6-3-15(22)4-7-17)13-16-5-2-14(12-25-16)19(31)26-27-20(32)18(23)24/h2-7,12,18H,8-11,13H2,1H3,(H,26,31)(H,27,32). The molecule has 1 fully saturated rings. The molecule has 2 heterocycles. The molecule has 0 radical (unpaired) electrons. The van der Waals surface area contributed by atoms with Gasteiger partial charge in [0.05, 0.1) is 17.8 Å². The van der Waals surface area contributed by atoms with E-state index < -0.39 is 24.1 Å². The molecule has 1 saturated heterocycles. The summed E-state index contributed by atoms with van der Waals surface area (Å²) in [5.74, 6) is -2.89. The molecule has 0 spiro atoms. The van der Waals surface area contributed by atoms with Crippen molar-refractivity contribution in [3.8, 4) is 0 Å². The molecule has 2 N–H and O–H groups in total. The van der Waals surface area contributed by atoms with Crippen LogP contribution in [0.1, 0.15) is 16.1 Å². The van der Waals surface area contributed by atoms with Crippen LogP contribution in [0, 0.1) is 5.82 Å². The molecule has 3 rings (SSSR count). The molecule has 9 nitrogen and oxygen atoms in total. The van der Waals surface area contributed by atoms with E-state index in [1.165, 1.54) is 47.5 Å². The Hall–Kier alpha value is -3.67. The van der Waals surface area contributed by atoms with Crippen molar-refractivity contribution in [1.82, 2.24) is 25.6 Å². The van der Waals surface area contributed by atoms with E-state index in [9.17, 15) is 27.6 Å². The maximum absolute atomic E-state index is 13.4. The third-order valence-corrected chi connectivity index (χ3v) is 5.05.